The van der Waals surface area contributed by atoms with E-state index >= 15 is 0 Å². The van der Waals surface area contributed by atoms with Crippen LogP contribution in [-0.2, 0) is 6.54 Å². The van der Waals surface area contributed by atoms with Crippen LogP contribution in [-0.4, -0.2) is 18.3 Å². The lowest BCUT2D eigenvalue weighted by Crippen LogP contribution is -2.20. The Morgan fingerprint density at radius 2 is 1.75 bits per heavy atom. The number of ether oxygens (including phenoxy) is 1. The first-order valence-electron chi connectivity index (χ1n) is 6.95. The first-order chi connectivity index (χ1) is 9.79. The van der Waals surface area contributed by atoms with Crippen molar-refractivity contribution >= 4 is 0 Å². The van der Waals surface area contributed by atoms with E-state index in [4.69, 9.17) is 4.74 Å². The van der Waals surface area contributed by atoms with Gasteiger partial charge in [-0.25, -0.2) is 0 Å². The number of nitrogens with one attached hydrogen (secondary N) is 1. The van der Waals surface area contributed by atoms with Crippen LogP contribution in [0.25, 0.3) is 0 Å². The molecule has 2 aromatic carbocycles. The number of aliphatic hydroxyl groups excluding tert-OH is 1. The van der Waals surface area contributed by atoms with E-state index in [-0.39, 0.29) is 0 Å². The maximum absolute atomic E-state index is 10.0. The second-order valence-corrected chi connectivity index (χ2v) is 4.63. The summed E-state index contributed by atoms with van der Waals surface area (Å²) in [6, 6.07) is 17.7. The highest BCUT2D eigenvalue weighted by Gasteiger charge is 2.05. The molecule has 0 heterocycles. The Kier molecular flexibility index (Phi) is 5.59. The van der Waals surface area contributed by atoms with Gasteiger partial charge in [0.25, 0.3) is 0 Å². The summed E-state index contributed by atoms with van der Waals surface area (Å²) in [5.41, 5.74) is 2.11. The lowest BCUT2D eigenvalue weighted by Gasteiger charge is -2.12. The molecule has 0 bridgehead atoms. The van der Waals surface area contributed by atoms with Gasteiger partial charge in [-0.1, -0.05) is 42.5 Å². The second-order valence-electron chi connectivity index (χ2n) is 4.63. The zero-order valence-corrected chi connectivity index (χ0v) is 11.8. The Morgan fingerprint density at radius 3 is 2.40 bits per heavy atom. The van der Waals surface area contributed by atoms with Crippen LogP contribution < -0.4 is 10.1 Å². The van der Waals surface area contributed by atoms with E-state index in [0.29, 0.717) is 13.2 Å². The molecule has 0 radical (unpaired) electrons. The van der Waals surface area contributed by atoms with Crippen molar-refractivity contribution in [1.29, 1.82) is 0 Å². The Morgan fingerprint density at radius 1 is 1.05 bits per heavy atom. The first kappa shape index (κ1) is 14.6. The summed E-state index contributed by atoms with van der Waals surface area (Å²) in [7, 11) is 0. The topological polar surface area (TPSA) is 41.5 Å². The molecule has 0 amide bonds. The van der Waals surface area contributed by atoms with E-state index < -0.39 is 6.10 Å². The highest BCUT2D eigenvalue weighted by Crippen LogP contribution is 2.13. The minimum absolute atomic E-state index is 0.473. The van der Waals surface area contributed by atoms with Crippen molar-refractivity contribution in [2.45, 2.75) is 19.6 Å². The summed E-state index contributed by atoms with van der Waals surface area (Å²) in [5.74, 6) is 0.889. The SMILES string of the molecule is CCOc1ccc(CNC[C@H](O)c2ccccc2)cc1. The van der Waals surface area contributed by atoms with Crippen molar-refractivity contribution < 1.29 is 9.84 Å². The minimum atomic E-state index is -0.473. The number of hydrogen-bond acceptors (Lipinski definition) is 3. The van der Waals surface area contributed by atoms with Crippen molar-refractivity contribution in [2.24, 2.45) is 0 Å². The number of aliphatic hydroxyl groups is 1. The van der Waals surface area contributed by atoms with Gasteiger partial charge in [-0.15, -0.1) is 0 Å². The molecule has 1 atom stereocenters. The lowest BCUT2D eigenvalue weighted by molar-refractivity contribution is 0.174. The van der Waals surface area contributed by atoms with Crippen LogP contribution in [0.4, 0.5) is 0 Å². The molecule has 0 spiro atoms. The largest absolute Gasteiger partial charge is 0.494 e. The molecule has 2 N–H and O–H groups in total. The van der Waals surface area contributed by atoms with Gasteiger partial charge in [-0.3, -0.25) is 0 Å². The van der Waals surface area contributed by atoms with Gasteiger partial charge in [-0.05, 0) is 30.2 Å². The summed E-state index contributed by atoms with van der Waals surface area (Å²) >= 11 is 0. The fraction of sp³-hybridized carbons (Fsp3) is 0.294. The van der Waals surface area contributed by atoms with Crippen molar-refractivity contribution in [1.82, 2.24) is 5.32 Å². The molecule has 0 fully saturated rings. The predicted octanol–water partition coefficient (Wildman–Crippen LogP) is 2.91. The molecule has 3 heteroatoms. The zero-order valence-electron chi connectivity index (χ0n) is 11.8. The van der Waals surface area contributed by atoms with Gasteiger partial charge in [-0.2, -0.15) is 0 Å². The molecular formula is C17H21NO2. The molecule has 0 aliphatic carbocycles. The van der Waals surface area contributed by atoms with Crippen molar-refractivity contribution in [3.8, 4) is 5.75 Å². The van der Waals surface area contributed by atoms with Crippen LogP contribution in [0.2, 0.25) is 0 Å². The fourth-order valence-electron chi connectivity index (χ4n) is 2.02. The van der Waals surface area contributed by atoms with Gasteiger partial charge in [0, 0.05) is 13.1 Å². The monoisotopic (exact) mass is 271 g/mol. The van der Waals surface area contributed by atoms with Crippen molar-refractivity contribution in [3.05, 3.63) is 65.7 Å². The Labute approximate surface area is 120 Å². The van der Waals surface area contributed by atoms with E-state index in [1.165, 1.54) is 5.56 Å². The molecule has 0 unspecified atom stereocenters. The molecule has 0 saturated heterocycles. The molecule has 2 aromatic rings. The Hall–Kier alpha value is -1.84. The fourth-order valence-corrected chi connectivity index (χ4v) is 2.02. The zero-order chi connectivity index (χ0) is 14.2. The van der Waals surface area contributed by atoms with Gasteiger partial charge in [0.1, 0.15) is 5.75 Å². The van der Waals surface area contributed by atoms with E-state index in [1.807, 2.05) is 61.5 Å². The molecular weight excluding hydrogens is 250 g/mol. The smallest absolute Gasteiger partial charge is 0.119 e. The second kappa shape index (κ2) is 7.68. The Bertz CT molecular complexity index is 496. The molecule has 0 saturated carbocycles. The lowest BCUT2D eigenvalue weighted by atomic mass is 10.1. The van der Waals surface area contributed by atoms with E-state index in [0.717, 1.165) is 17.9 Å². The van der Waals surface area contributed by atoms with E-state index in [9.17, 15) is 5.11 Å². The third-order valence-corrected chi connectivity index (χ3v) is 3.09. The number of benzene rings is 2. The molecule has 0 aromatic heterocycles. The maximum atomic E-state index is 10.0. The molecule has 2 rings (SSSR count). The van der Waals surface area contributed by atoms with Crippen LogP contribution >= 0.6 is 0 Å². The van der Waals surface area contributed by atoms with Gasteiger partial charge in [0.2, 0.25) is 0 Å². The normalized spacial score (nSPS) is 12.1. The summed E-state index contributed by atoms with van der Waals surface area (Å²) in [5, 5.41) is 13.3. The van der Waals surface area contributed by atoms with Gasteiger partial charge in [0.15, 0.2) is 0 Å². The summed E-state index contributed by atoms with van der Waals surface area (Å²) in [6.07, 6.45) is -0.473. The molecule has 0 aliphatic heterocycles. The van der Waals surface area contributed by atoms with Crippen LogP contribution in [0.15, 0.2) is 54.6 Å². The van der Waals surface area contributed by atoms with Crippen LogP contribution in [0.1, 0.15) is 24.2 Å². The quantitative estimate of drug-likeness (QED) is 0.813. The van der Waals surface area contributed by atoms with E-state index in [2.05, 4.69) is 5.32 Å². The van der Waals surface area contributed by atoms with Crippen LogP contribution in [0.3, 0.4) is 0 Å². The van der Waals surface area contributed by atoms with Crippen molar-refractivity contribution in [2.75, 3.05) is 13.2 Å². The standard InChI is InChI=1S/C17H21NO2/c1-2-20-16-10-8-14(9-11-16)12-18-13-17(19)15-6-4-3-5-7-15/h3-11,17-19H,2,12-13H2,1H3/t17-/m0/s1. The van der Waals surface area contributed by atoms with E-state index in [1.54, 1.807) is 0 Å². The van der Waals surface area contributed by atoms with Crippen molar-refractivity contribution in [3.63, 3.8) is 0 Å². The summed E-state index contributed by atoms with van der Waals surface area (Å²) < 4.78 is 5.40. The predicted molar refractivity (Wildman–Crippen MR) is 80.7 cm³/mol. The first-order valence-corrected chi connectivity index (χ1v) is 6.95. The van der Waals surface area contributed by atoms with Gasteiger partial charge >= 0.3 is 0 Å². The number of hydrogen-bond donors (Lipinski definition) is 2. The third kappa shape index (κ3) is 4.37. The van der Waals surface area contributed by atoms with Crippen LogP contribution in [0.5, 0.6) is 5.75 Å². The molecule has 0 aliphatic rings. The minimum Gasteiger partial charge on any atom is -0.494 e. The van der Waals surface area contributed by atoms with Gasteiger partial charge in [0.05, 0.1) is 12.7 Å². The average Bonchev–Trinajstić information content (AvgIpc) is 2.50. The van der Waals surface area contributed by atoms with Crippen LogP contribution in [0, 0.1) is 0 Å². The summed E-state index contributed by atoms with van der Waals surface area (Å²) in [6.45, 7) is 3.93. The number of rotatable bonds is 7. The highest BCUT2D eigenvalue weighted by molar-refractivity contribution is 5.27. The Balaban J connectivity index is 1.78. The summed E-state index contributed by atoms with van der Waals surface area (Å²) in [4.78, 5) is 0. The molecule has 3 nitrogen and oxygen atoms in total. The van der Waals surface area contributed by atoms with Gasteiger partial charge < -0.3 is 15.2 Å². The molecule has 20 heavy (non-hydrogen) atoms. The third-order valence-electron chi connectivity index (χ3n) is 3.09. The maximum Gasteiger partial charge on any atom is 0.119 e. The molecule has 106 valence electrons. The highest BCUT2D eigenvalue weighted by atomic mass is 16.5. The average molecular weight is 271 g/mol.